The van der Waals surface area contributed by atoms with E-state index < -0.39 is 11.7 Å². The standard InChI is InChI=1S/C17H20F3N5O/c1-23-11-21-10-14(23)16(26)24(2)12-5-8-25(9-6-12)15-13(17(18,19)20)4-3-7-22-15/h3-4,7,10-12H,5-6,8-9H2,1-2H3. The van der Waals surface area contributed by atoms with Gasteiger partial charge < -0.3 is 14.4 Å². The number of hydrogen-bond donors (Lipinski definition) is 0. The molecular formula is C17H20F3N5O. The number of amides is 1. The first-order valence-electron chi connectivity index (χ1n) is 8.29. The van der Waals surface area contributed by atoms with Crippen LogP contribution in [0.25, 0.3) is 0 Å². The molecule has 0 aromatic carbocycles. The maximum absolute atomic E-state index is 13.2. The third-order valence-corrected chi connectivity index (χ3v) is 4.76. The average Bonchev–Trinajstić information content (AvgIpc) is 3.06. The molecule has 26 heavy (non-hydrogen) atoms. The van der Waals surface area contributed by atoms with E-state index in [4.69, 9.17) is 0 Å². The Morgan fingerprint density at radius 1 is 1.31 bits per heavy atom. The molecule has 0 radical (unpaired) electrons. The van der Waals surface area contributed by atoms with Gasteiger partial charge in [0.15, 0.2) is 0 Å². The number of piperidine rings is 1. The molecule has 0 atom stereocenters. The van der Waals surface area contributed by atoms with Crippen molar-refractivity contribution in [1.29, 1.82) is 0 Å². The van der Waals surface area contributed by atoms with E-state index in [1.165, 1.54) is 18.5 Å². The lowest BCUT2D eigenvalue weighted by Crippen LogP contribution is -2.46. The first-order valence-corrected chi connectivity index (χ1v) is 8.29. The van der Waals surface area contributed by atoms with Gasteiger partial charge in [0.2, 0.25) is 0 Å². The summed E-state index contributed by atoms with van der Waals surface area (Å²) in [7, 11) is 3.47. The van der Waals surface area contributed by atoms with E-state index in [0.717, 1.165) is 6.07 Å². The molecule has 3 heterocycles. The lowest BCUT2D eigenvalue weighted by Gasteiger charge is -2.38. The zero-order chi connectivity index (χ0) is 18.9. The van der Waals surface area contributed by atoms with Crippen molar-refractivity contribution in [1.82, 2.24) is 19.4 Å². The number of alkyl halides is 3. The van der Waals surface area contributed by atoms with Gasteiger partial charge in [-0.25, -0.2) is 9.97 Å². The summed E-state index contributed by atoms with van der Waals surface area (Å²) >= 11 is 0. The Morgan fingerprint density at radius 3 is 2.58 bits per heavy atom. The van der Waals surface area contributed by atoms with E-state index >= 15 is 0 Å². The van der Waals surface area contributed by atoms with Gasteiger partial charge in [0, 0.05) is 39.4 Å². The third-order valence-electron chi connectivity index (χ3n) is 4.76. The molecule has 0 spiro atoms. The van der Waals surface area contributed by atoms with Crippen molar-refractivity contribution in [2.45, 2.75) is 25.1 Å². The number of rotatable bonds is 3. The quantitative estimate of drug-likeness (QED) is 0.837. The van der Waals surface area contributed by atoms with E-state index in [1.54, 1.807) is 34.8 Å². The van der Waals surface area contributed by atoms with E-state index in [1.807, 2.05) is 0 Å². The van der Waals surface area contributed by atoms with Crippen LogP contribution in [0.3, 0.4) is 0 Å². The first kappa shape index (κ1) is 18.2. The Hall–Kier alpha value is -2.58. The van der Waals surface area contributed by atoms with Gasteiger partial charge in [0.1, 0.15) is 11.5 Å². The van der Waals surface area contributed by atoms with Gasteiger partial charge in [-0.1, -0.05) is 0 Å². The zero-order valence-corrected chi connectivity index (χ0v) is 14.6. The van der Waals surface area contributed by atoms with Crippen LogP contribution in [0.5, 0.6) is 0 Å². The molecule has 1 amide bonds. The summed E-state index contributed by atoms with van der Waals surface area (Å²) in [6.07, 6.45) is 1.16. The Morgan fingerprint density at radius 2 is 2.00 bits per heavy atom. The minimum Gasteiger partial charge on any atom is -0.356 e. The van der Waals surface area contributed by atoms with Crippen molar-refractivity contribution < 1.29 is 18.0 Å². The zero-order valence-electron chi connectivity index (χ0n) is 14.6. The van der Waals surface area contributed by atoms with Crippen LogP contribution in [0.15, 0.2) is 30.9 Å². The van der Waals surface area contributed by atoms with E-state index in [-0.39, 0.29) is 17.8 Å². The predicted octanol–water partition coefficient (Wildman–Crippen LogP) is 2.57. The Balaban J connectivity index is 1.69. The molecule has 140 valence electrons. The number of pyridine rings is 1. The van der Waals surface area contributed by atoms with Gasteiger partial charge in [-0.05, 0) is 25.0 Å². The first-order chi connectivity index (χ1) is 12.3. The fourth-order valence-electron chi connectivity index (χ4n) is 3.24. The van der Waals surface area contributed by atoms with Gasteiger partial charge in [-0.2, -0.15) is 13.2 Å². The molecule has 1 aliphatic rings. The average molecular weight is 367 g/mol. The molecule has 6 nitrogen and oxygen atoms in total. The van der Waals surface area contributed by atoms with Crippen LogP contribution >= 0.6 is 0 Å². The lowest BCUT2D eigenvalue weighted by atomic mass is 10.0. The fraction of sp³-hybridized carbons (Fsp3) is 0.471. The third kappa shape index (κ3) is 3.51. The maximum atomic E-state index is 13.2. The highest BCUT2D eigenvalue weighted by Crippen LogP contribution is 2.36. The van der Waals surface area contributed by atoms with Gasteiger partial charge in [0.25, 0.3) is 5.91 Å². The second-order valence-corrected chi connectivity index (χ2v) is 6.40. The summed E-state index contributed by atoms with van der Waals surface area (Å²) in [5, 5.41) is 0. The van der Waals surface area contributed by atoms with Crippen LogP contribution in [-0.2, 0) is 13.2 Å². The number of aryl methyl sites for hydroxylation is 1. The molecule has 1 fully saturated rings. The van der Waals surface area contributed by atoms with Gasteiger partial charge in [-0.15, -0.1) is 0 Å². The summed E-state index contributed by atoms with van der Waals surface area (Å²) in [5.41, 5.74) is -0.239. The van der Waals surface area contributed by atoms with Crippen LogP contribution in [-0.4, -0.2) is 51.5 Å². The van der Waals surface area contributed by atoms with Crippen molar-refractivity contribution in [3.63, 3.8) is 0 Å². The summed E-state index contributed by atoms with van der Waals surface area (Å²) in [5.74, 6) is -0.184. The van der Waals surface area contributed by atoms with E-state index in [0.29, 0.717) is 31.6 Å². The predicted molar refractivity (Wildman–Crippen MR) is 89.8 cm³/mol. The van der Waals surface area contributed by atoms with Crippen molar-refractivity contribution in [2.24, 2.45) is 7.05 Å². The number of imidazole rings is 1. The van der Waals surface area contributed by atoms with Gasteiger partial charge >= 0.3 is 6.18 Å². The number of anilines is 1. The van der Waals surface area contributed by atoms with Crippen molar-refractivity contribution in [3.8, 4) is 0 Å². The largest absolute Gasteiger partial charge is 0.419 e. The van der Waals surface area contributed by atoms with Crippen molar-refractivity contribution in [2.75, 3.05) is 25.0 Å². The number of hydrogen-bond acceptors (Lipinski definition) is 4. The molecule has 0 aliphatic carbocycles. The van der Waals surface area contributed by atoms with Crippen LogP contribution in [0.4, 0.5) is 19.0 Å². The molecule has 1 saturated heterocycles. The van der Waals surface area contributed by atoms with Crippen LogP contribution in [0.2, 0.25) is 0 Å². The summed E-state index contributed by atoms with van der Waals surface area (Å²) in [4.78, 5) is 23.7. The molecule has 1 aliphatic heterocycles. The molecule has 3 rings (SSSR count). The highest BCUT2D eigenvalue weighted by Gasteiger charge is 2.37. The summed E-state index contributed by atoms with van der Waals surface area (Å²) in [6, 6.07) is 2.30. The Bertz CT molecular complexity index is 781. The SMILES string of the molecule is CN(C(=O)c1cncn1C)C1CCN(c2ncccc2C(F)(F)F)CC1. The van der Waals surface area contributed by atoms with Crippen molar-refractivity contribution in [3.05, 3.63) is 42.1 Å². The summed E-state index contributed by atoms with van der Waals surface area (Å²) in [6.45, 7) is 0.821. The minimum absolute atomic E-state index is 0.0355. The second kappa shape index (κ2) is 6.97. The highest BCUT2D eigenvalue weighted by atomic mass is 19.4. The smallest absolute Gasteiger partial charge is 0.356 e. The normalized spacial score (nSPS) is 16.0. The van der Waals surface area contributed by atoms with Crippen LogP contribution < -0.4 is 4.90 Å². The fourth-order valence-corrected chi connectivity index (χ4v) is 3.24. The maximum Gasteiger partial charge on any atom is 0.419 e. The molecule has 0 bridgehead atoms. The number of aromatic nitrogens is 3. The lowest BCUT2D eigenvalue weighted by molar-refractivity contribution is -0.137. The monoisotopic (exact) mass is 367 g/mol. The Labute approximate surface area is 149 Å². The molecule has 2 aromatic rings. The number of carbonyl (C=O) groups excluding carboxylic acids is 1. The van der Waals surface area contributed by atoms with Crippen LogP contribution in [0, 0.1) is 0 Å². The topological polar surface area (TPSA) is 54.3 Å². The second-order valence-electron chi connectivity index (χ2n) is 6.40. The minimum atomic E-state index is -4.44. The van der Waals surface area contributed by atoms with Gasteiger partial charge in [0.05, 0.1) is 18.1 Å². The number of halogens is 3. The summed E-state index contributed by atoms with van der Waals surface area (Å²) < 4.78 is 41.2. The van der Waals surface area contributed by atoms with Crippen molar-refractivity contribution >= 4 is 11.7 Å². The highest BCUT2D eigenvalue weighted by molar-refractivity contribution is 5.92. The van der Waals surface area contributed by atoms with Gasteiger partial charge in [-0.3, -0.25) is 4.79 Å². The number of carbonyl (C=O) groups is 1. The molecule has 0 saturated carbocycles. The molecule has 2 aromatic heterocycles. The molecule has 9 heteroatoms. The number of nitrogens with zero attached hydrogens (tertiary/aromatic N) is 5. The molecular weight excluding hydrogens is 347 g/mol. The molecule has 0 N–H and O–H groups in total. The Kier molecular flexibility index (Phi) is 4.88. The van der Waals surface area contributed by atoms with Crippen LogP contribution in [0.1, 0.15) is 28.9 Å². The van der Waals surface area contributed by atoms with E-state index in [2.05, 4.69) is 9.97 Å². The van der Waals surface area contributed by atoms with E-state index in [9.17, 15) is 18.0 Å². The molecule has 0 unspecified atom stereocenters.